The lowest BCUT2D eigenvalue weighted by Crippen LogP contribution is -2.12. The van der Waals surface area contributed by atoms with Crippen LogP contribution in [0.2, 0.25) is 5.02 Å². The van der Waals surface area contributed by atoms with Gasteiger partial charge in [-0.05, 0) is 56.7 Å². The highest BCUT2D eigenvalue weighted by Gasteiger charge is 2.11. The van der Waals surface area contributed by atoms with Crippen molar-refractivity contribution in [2.45, 2.75) is 6.92 Å². The highest BCUT2D eigenvalue weighted by molar-refractivity contribution is 9.11. The zero-order valence-electron chi connectivity index (χ0n) is 9.01. The third-order valence-corrected chi connectivity index (χ3v) is 4.47. The molecule has 0 atom stereocenters. The van der Waals surface area contributed by atoms with Crippen molar-refractivity contribution in [3.8, 4) is 6.19 Å². The summed E-state index contributed by atoms with van der Waals surface area (Å²) < 4.78 is 1.62. The number of thioether (sulfide) groups is 1. The lowest BCUT2D eigenvalue weighted by atomic mass is 10.2. The fourth-order valence-electron chi connectivity index (χ4n) is 1.12. The van der Waals surface area contributed by atoms with Crippen molar-refractivity contribution in [3.05, 3.63) is 25.6 Å². The number of amidine groups is 1. The first-order chi connectivity index (χ1) is 8.01. The minimum atomic E-state index is 0.523. The Morgan fingerprint density at radius 3 is 2.71 bits per heavy atom. The molecule has 1 aromatic carbocycles. The van der Waals surface area contributed by atoms with Gasteiger partial charge in [-0.1, -0.05) is 23.4 Å². The van der Waals surface area contributed by atoms with Crippen LogP contribution in [-0.2, 0) is 0 Å². The quantitative estimate of drug-likeness (QED) is 0.248. The monoisotopic (exact) mass is 395 g/mol. The van der Waals surface area contributed by atoms with Gasteiger partial charge in [0.05, 0.1) is 10.7 Å². The molecule has 0 amide bonds. The fraction of sp³-hybridized carbons (Fsp3) is 0.200. The molecule has 17 heavy (non-hydrogen) atoms. The van der Waals surface area contributed by atoms with E-state index in [-0.39, 0.29) is 0 Å². The van der Waals surface area contributed by atoms with E-state index in [4.69, 9.17) is 16.9 Å². The molecule has 0 aliphatic carbocycles. The molecular weight excluding hydrogens is 389 g/mol. The van der Waals surface area contributed by atoms with Gasteiger partial charge < -0.3 is 0 Å². The van der Waals surface area contributed by atoms with Crippen molar-refractivity contribution in [1.82, 2.24) is 5.32 Å². The second-order valence-electron chi connectivity index (χ2n) is 2.99. The summed E-state index contributed by atoms with van der Waals surface area (Å²) >= 11 is 14.3. The Hall–Kier alpha value is -0.220. The zero-order chi connectivity index (χ0) is 13.0. The second kappa shape index (κ2) is 6.64. The van der Waals surface area contributed by atoms with E-state index in [1.54, 1.807) is 0 Å². The van der Waals surface area contributed by atoms with Gasteiger partial charge in [0.1, 0.15) is 0 Å². The van der Waals surface area contributed by atoms with E-state index < -0.39 is 0 Å². The first kappa shape index (κ1) is 14.8. The predicted octanol–water partition coefficient (Wildman–Crippen LogP) is 4.59. The average Bonchev–Trinajstić information content (AvgIpc) is 2.30. The molecule has 0 aromatic heterocycles. The highest BCUT2D eigenvalue weighted by atomic mass is 79.9. The molecule has 0 radical (unpaired) electrons. The Labute approximate surface area is 126 Å². The Bertz CT molecular complexity index is 511. The van der Waals surface area contributed by atoms with Crippen molar-refractivity contribution in [3.63, 3.8) is 0 Å². The molecule has 0 unspecified atom stereocenters. The molecule has 0 bridgehead atoms. The summed E-state index contributed by atoms with van der Waals surface area (Å²) in [7, 11) is 0. The number of benzene rings is 1. The molecular formula is C10H8Br2ClN3S. The van der Waals surface area contributed by atoms with Crippen LogP contribution in [-0.4, -0.2) is 11.4 Å². The molecule has 0 saturated carbocycles. The molecule has 0 saturated heterocycles. The average molecular weight is 398 g/mol. The summed E-state index contributed by atoms with van der Waals surface area (Å²) in [6, 6.07) is 1.83. The summed E-state index contributed by atoms with van der Waals surface area (Å²) in [5.74, 6) is 0. The van der Waals surface area contributed by atoms with Crippen molar-refractivity contribution in [1.29, 1.82) is 5.26 Å². The number of nitrogens with zero attached hydrogens (tertiary/aromatic N) is 2. The van der Waals surface area contributed by atoms with E-state index in [9.17, 15) is 0 Å². The standard InChI is InChI=1S/C10H8Br2ClN3S/c1-5-8(13)6(11)3-7(12)9(5)16-10(17-2)15-4-14/h3H,1-2H3,(H,15,16). The number of nitriles is 1. The fourth-order valence-corrected chi connectivity index (χ4v) is 3.04. The van der Waals surface area contributed by atoms with Gasteiger partial charge in [-0.25, -0.2) is 4.99 Å². The van der Waals surface area contributed by atoms with Gasteiger partial charge in [0.15, 0.2) is 11.4 Å². The minimum absolute atomic E-state index is 0.523. The van der Waals surface area contributed by atoms with Crippen LogP contribution in [0.15, 0.2) is 20.0 Å². The maximum Gasteiger partial charge on any atom is 0.183 e. The third kappa shape index (κ3) is 3.62. The first-order valence-corrected chi connectivity index (χ1v) is 7.62. The molecule has 0 spiro atoms. The van der Waals surface area contributed by atoms with Gasteiger partial charge in [-0.3, -0.25) is 5.32 Å². The number of nitrogens with one attached hydrogen (secondary N) is 1. The minimum Gasteiger partial charge on any atom is -0.271 e. The van der Waals surface area contributed by atoms with Crippen LogP contribution >= 0.6 is 55.2 Å². The van der Waals surface area contributed by atoms with Gasteiger partial charge in [-0.2, -0.15) is 5.26 Å². The van der Waals surface area contributed by atoms with E-state index in [0.717, 1.165) is 14.5 Å². The molecule has 90 valence electrons. The van der Waals surface area contributed by atoms with E-state index in [1.807, 2.05) is 25.4 Å². The summed E-state index contributed by atoms with van der Waals surface area (Å²) in [6.07, 6.45) is 3.68. The van der Waals surface area contributed by atoms with E-state index in [0.29, 0.717) is 15.9 Å². The largest absolute Gasteiger partial charge is 0.271 e. The van der Waals surface area contributed by atoms with E-state index >= 15 is 0 Å². The van der Waals surface area contributed by atoms with Crippen molar-refractivity contribution < 1.29 is 0 Å². The van der Waals surface area contributed by atoms with Crippen LogP contribution in [0.1, 0.15) is 5.56 Å². The van der Waals surface area contributed by atoms with Gasteiger partial charge in [0.25, 0.3) is 0 Å². The summed E-state index contributed by atoms with van der Waals surface area (Å²) in [6.45, 7) is 1.88. The van der Waals surface area contributed by atoms with Crippen LogP contribution in [0.3, 0.4) is 0 Å². The summed E-state index contributed by atoms with van der Waals surface area (Å²) in [5, 5.41) is 12.2. The van der Waals surface area contributed by atoms with Crippen molar-refractivity contribution in [2.75, 3.05) is 6.26 Å². The van der Waals surface area contributed by atoms with Crippen LogP contribution in [0.25, 0.3) is 0 Å². The maximum atomic E-state index is 8.58. The topological polar surface area (TPSA) is 48.2 Å². The normalized spacial score (nSPS) is 11.2. The maximum absolute atomic E-state index is 8.58. The molecule has 3 nitrogen and oxygen atoms in total. The second-order valence-corrected chi connectivity index (χ2v) is 5.87. The first-order valence-electron chi connectivity index (χ1n) is 4.43. The van der Waals surface area contributed by atoms with Crippen LogP contribution < -0.4 is 5.32 Å². The van der Waals surface area contributed by atoms with Crippen molar-refractivity contribution >= 4 is 66.1 Å². The summed E-state index contributed by atoms with van der Waals surface area (Å²) in [4.78, 5) is 4.36. The number of hydrogen-bond donors (Lipinski definition) is 1. The lowest BCUT2D eigenvalue weighted by Gasteiger charge is -2.09. The molecule has 1 aromatic rings. The Kier molecular flexibility index (Phi) is 5.80. The number of rotatable bonds is 1. The van der Waals surface area contributed by atoms with Crippen LogP contribution in [0, 0.1) is 18.4 Å². The van der Waals surface area contributed by atoms with Crippen LogP contribution in [0.5, 0.6) is 0 Å². The number of halogens is 3. The summed E-state index contributed by atoms with van der Waals surface area (Å²) in [5.41, 5.74) is 1.56. The SMILES string of the molecule is CSC(=Nc1c(Br)cc(Br)c(Cl)c1C)NC#N. The van der Waals surface area contributed by atoms with Gasteiger partial charge >= 0.3 is 0 Å². The van der Waals surface area contributed by atoms with Crippen LogP contribution in [0.4, 0.5) is 5.69 Å². The Morgan fingerprint density at radius 2 is 2.18 bits per heavy atom. The zero-order valence-corrected chi connectivity index (χ0v) is 13.8. The highest BCUT2D eigenvalue weighted by Crippen LogP contribution is 2.39. The lowest BCUT2D eigenvalue weighted by molar-refractivity contribution is 1.26. The molecule has 7 heteroatoms. The van der Waals surface area contributed by atoms with Gasteiger partial charge in [0, 0.05) is 8.95 Å². The predicted molar refractivity (Wildman–Crippen MR) is 80.9 cm³/mol. The smallest absolute Gasteiger partial charge is 0.183 e. The molecule has 0 aliphatic rings. The Morgan fingerprint density at radius 1 is 1.53 bits per heavy atom. The van der Waals surface area contributed by atoms with Crippen molar-refractivity contribution in [2.24, 2.45) is 4.99 Å². The van der Waals surface area contributed by atoms with E-state index in [2.05, 4.69) is 42.2 Å². The number of aliphatic imine (C=N–C) groups is 1. The molecule has 1 N–H and O–H groups in total. The molecule has 0 heterocycles. The van der Waals surface area contributed by atoms with Gasteiger partial charge in [0.2, 0.25) is 0 Å². The molecule has 0 aliphatic heterocycles. The number of hydrogen-bond acceptors (Lipinski definition) is 3. The third-order valence-electron chi connectivity index (χ3n) is 1.94. The molecule has 1 rings (SSSR count). The van der Waals surface area contributed by atoms with Gasteiger partial charge in [-0.15, -0.1) is 0 Å². The van der Waals surface area contributed by atoms with E-state index in [1.165, 1.54) is 11.8 Å². The molecule has 0 fully saturated rings. The Balaban J connectivity index is 3.33.